The minimum absolute atomic E-state index is 0.0291. The molecule has 1 saturated heterocycles. The fourth-order valence-electron chi connectivity index (χ4n) is 2.79. The standard InChI is InChI=1S/C14H21NO3/c1-3-14(4-2)7-8-15(10-14)9-11-5-6-12(18-11)13(16)17/h5-6H,3-4,7-10H2,1-2H3,(H,16,17). The van der Waals surface area contributed by atoms with Gasteiger partial charge < -0.3 is 9.52 Å². The zero-order valence-electron chi connectivity index (χ0n) is 11.1. The molecule has 1 N–H and O–H groups in total. The highest BCUT2D eigenvalue weighted by molar-refractivity contribution is 5.84. The predicted molar refractivity (Wildman–Crippen MR) is 68.6 cm³/mol. The van der Waals surface area contributed by atoms with E-state index in [9.17, 15) is 4.79 Å². The van der Waals surface area contributed by atoms with Crippen LogP contribution in [0.3, 0.4) is 0 Å². The topological polar surface area (TPSA) is 53.7 Å². The van der Waals surface area contributed by atoms with E-state index in [-0.39, 0.29) is 5.76 Å². The summed E-state index contributed by atoms with van der Waals surface area (Å²) in [5, 5.41) is 8.81. The number of nitrogens with zero attached hydrogens (tertiary/aromatic N) is 1. The third kappa shape index (κ3) is 2.58. The maximum Gasteiger partial charge on any atom is 0.371 e. The van der Waals surface area contributed by atoms with Crippen molar-refractivity contribution in [3.05, 3.63) is 23.7 Å². The molecule has 4 nitrogen and oxygen atoms in total. The lowest BCUT2D eigenvalue weighted by atomic mass is 9.82. The Bertz CT molecular complexity index is 420. The van der Waals surface area contributed by atoms with E-state index >= 15 is 0 Å². The molecule has 0 aromatic carbocycles. The second kappa shape index (κ2) is 5.14. The number of hydrogen-bond acceptors (Lipinski definition) is 3. The summed E-state index contributed by atoms with van der Waals surface area (Å²) in [5.41, 5.74) is 0.447. The van der Waals surface area contributed by atoms with Gasteiger partial charge in [-0.15, -0.1) is 0 Å². The number of likely N-dealkylation sites (tertiary alicyclic amines) is 1. The molecule has 1 aromatic rings. The Morgan fingerprint density at radius 1 is 1.44 bits per heavy atom. The highest BCUT2D eigenvalue weighted by Crippen LogP contribution is 2.37. The van der Waals surface area contributed by atoms with Crippen LogP contribution in [0.2, 0.25) is 0 Å². The Hall–Kier alpha value is -1.29. The van der Waals surface area contributed by atoms with Gasteiger partial charge in [0, 0.05) is 6.54 Å². The molecule has 100 valence electrons. The zero-order valence-corrected chi connectivity index (χ0v) is 11.1. The second-order valence-corrected chi connectivity index (χ2v) is 5.24. The molecule has 0 unspecified atom stereocenters. The first kappa shape index (κ1) is 13.1. The lowest BCUT2D eigenvalue weighted by Crippen LogP contribution is -2.25. The SMILES string of the molecule is CCC1(CC)CCN(Cc2ccc(C(=O)O)o2)C1. The van der Waals surface area contributed by atoms with Crippen LogP contribution in [0.1, 0.15) is 49.4 Å². The van der Waals surface area contributed by atoms with Gasteiger partial charge in [0.05, 0.1) is 6.54 Å². The van der Waals surface area contributed by atoms with Gasteiger partial charge in [-0.2, -0.15) is 0 Å². The quantitative estimate of drug-likeness (QED) is 0.874. The van der Waals surface area contributed by atoms with Crippen LogP contribution >= 0.6 is 0 Å². The van der Waals surface area contributed by atoms with E-state index in [0.29, 0.717) is 5.41 Å². The smallest absolute Gasteiger partial charge is 0.371 e. The Labute approximate surface area is 108 Å². The van der Waals surface area contributed by atoms with Gasteiger partial charge in [-0.25, -0.2) is 4.79 Å². The van der Waals surface area contributed by atoms with Crippen LogP contribution in [0.5, 0.6) is 0 Å². The molecule has 1 aromatic heterocycles. The molecule has 18 heavy (non-hydrogen) atoms. The van der Waals surface area contributed by atoms with E-state index in [1.807, 2.05) is 0 Å². The number of furan rings is 1. The Morgan fingerprint density at radius 2 is 2.17 bits per heavy atom. The lowest BCUT2D eigenvalue weighted by molar-refractivity contribution is 0.0658. The summed E-state index contributed by atoms with van der Waals surface area (Å²) >= 11 is 0. The molecule has 0 amide bonds. The molecule has 0 saturated carbocycles. The Balaban J connectivity index is 1.96. The first-order valence-electron chi connectivity index (χ1n) is 6.63. The van der Waals surface area contributed by atoms with Crippen LogP contribution in [0.4, 0.5) is 0 Å². The van der Waals surface area contributed by atoms with Crippen LogP contribution in [0.15, 0.2) is 16.5 Å². The third-order valence-electron chi connectivity index (χ3n) is 4.27. The van der Waals surface area contributed by atoms with Crippen LogP contribution in [-0.2, 0) is 6.54 Å². The van der Waals surface area contributed by atoms with Gasteiger partial charge in [-0.1, -0.05) is 13.8 Å². The fraction of sp³-hybridized carbons (Fsp3) is 0.643. The van der Waals surface area contributed by atoms with Crippen LogP contribution in [0.25, 0.3) is 0 Å². The van der Waals surface area contributed by atoms with E-state index in [2.05, 4.69) is 18.7 Å². The number of aromatic carboxylic acids is 1. The summed E-state index contributed by atoms with van der Waals surface area (Å²) in [6, 6.07) is 3.29. The number of rotatable bonds is 5. The number of carbonyl (C=O) groups is 1. The first-order chi connectivity index (χ1) is 8.58. The molecule has 2 rings (SSSR count). The molecule has 1 aliphatic heterocycles. The molecule has 0 radical (unpaired) electrons. The lowest BCUT2D eigenvalue weighted by Gasteiger charge is -2.26. The number of carboxylic acids is 1. The first-order valence-corrected chi connectivity index (χ1v) is 6.63. The van der Waals surface area contributed by atoms with E-state index in [4.69, 9.17) is 9.52 Å². The van der Waals surface area contributed by atoms with Crippen molar-refractivity contribution in [3.63, 3.8) is 0 Å². The summed E-state index contributed by atoms with van der Waals surface area (Å²) in [7, 11) is 0. The Morgan fingerprint density at radius 3 is 2.67 bits per heavy atom. The minimum Gasteiger partial charge on any atom is -0.475 e. The normalized spacial score (nSPS) is 19.2. The molecule has 0 spiro atoms. The van der Waals surface area contributed by atoms with Crippen molar-refractivity contribution >= 4 is 5.97 Å². The molecule has 2 heterocycles. The van der Waals surface area contributed by atoms with Crippen LogP contribution < -0.4 is 0 Å². The Kier molecular flexibility index (Phi) is 3.76. The molecular formula is C14H21NO3. The molecule has 0 bridgehead atoms. The van der Waals surface area contributed by atoms with Gasteiger partial charge in [-0.3, -0.25) is 4.90 Å². The summed E-state index contributed by atoms with van der Waals surface area (Å²) < 4.78 is 5.30. The maximum absolute atomic E-state index is 10.7. The van der Waals surface area contributed by atoms with Gasteiger partial charge in [0.15, 0.2) is 0 Å². The van der Waals surface area contributed by atoms with Crippen molar-refractivity contribution in [3.8, 4) is 0 Å². The average molecular weight is 251 g/mol. The number of carboxylic acid groups (broad SMARTS) is 1. The monoisotopic (exact) mass is 251 g/mol. The molecule has 0 atom stereocenters. The number of hydrogen-bond donors (Lipinski definition) is 1. The second-order valence-electron chi connectivity index (χ2n) is 5.24. The van der Waals surface area contributed by atoms with Crippen molar-refractivity contribution in [1.29, 1.82) is 0 Å². The third-order valence-corrected chi connectivity index (χ3v) is 4.27. The van der Waals surface area contributed by atoms with E-state index < -0.39 is 5.97 Å². The van der Waals surface area contributed by atoms with Gasteiger partial charge >= 0.3 is 5.97 Å². The van der Waals surface area contributed by atoms with Crippen molar-refractivity contribution in [2.45, 2.75) is 39.7 Å². The molecule has 4 heteroatoms. The van der Waals surface area contributed by atoms with Gasteiger partial charge in [0.1, 0.15) is 5.76 Å². The summed E-state index contributed by atoms with van der Waals surface area (Å²) in [5.74, 6) is -0.226. The van der Waals surface area contributed by atoms with E-state index in [1.165, 1.54) is 25.3 Å². The van der Waals surface area contributed by atoms with Gasteiger partial charge in [-0.05, 0) is 43.4 Å². The fourth-order valence-corrected chi connectivity index (χ4v) is 2.79. The zero-order chi connectivity index (χ0) is 13.2. The van der Waals surface area contributed by atoms with E-state index in [1.54, 1.807) is 6.07 Å². The predicted octanol–water partition coefficient (Wildman–Crippen LogP) is 2.99. The van der Waals surface area contributed by atoms with E-state index in [0.717, 1.165) is 25.4 Å². The summed E-state index contributed by atoms with van der Waals surface area (Å²) in [6.45, 7) is 7.38. The highest BCUT2D eigenvalue weighted by atomic mass is 16.4. The molecule has 1 aliphatic rings. The largest absolute Gasteiger partial charge is 0.475 e. The molecule has 0 aliphatic carbocycles. The average Bonchev–Trinajstić information content (AvgIpc) is 2.97. The highest BCUT2D eigenvalue weighted by Gasteiger charge is 2.34. The van der Waals surface area contributed by atoms with Crippen molar-refractivity contribution in [2.24, 2.45) is 5.41 Å². The van der Waals surface area contributed by atoms with Crippen molar-refractivity contribution < 1.29 is 14.3 Å². The van der Waals surface area contributed by atoms with Gasteiger partial charge in [0.2, 0.25) is 5.76 Å². The van der Waals surface area contributed by atoms with Gasteiger partial charge in [0.25, 0.3) is 0 Å². The molecular weight excluding hydrogens is 230 g/mol. The summed E-state index contributed by atoms with van der Waals surface area (Å²) in [6.07, 6.45) is 3.64. The molecule has 1 fully saturated rings. The van der Waals surface area contributed by atoms with Crippen molar-refractivity contribution in [2.75, 3.05) is 13.1 Å². The minimum atomic E-state index is -1.00. The summed E-state index contributed by atoms with van der Waals surface area (Å²) in [4.78, 5) is 13.1. The van der Waals surface area contributed by atoms with Crippen LogP contribution in [-0.4, -0.2) is 29.1 Å². The maximum atomic E-state index is 10.7. The van der Waals surface area contributed by atoms with Crippen molar-refractivity contribution in [1.82, 2.24) is 4.90 Å². The van der Waals surface area contributed by atoms with Crippen LogP contribution in [0, 0.1) is 5.41 Å².